The molecule has 1 atom stereocenters. The molecule has 3 nitrogen and oxygen atoms in total. The number of nitrogens with zero attached hydrogens (tertiary/aromatic N) is 1. The number of carbonyl (C=O) groups is 1. The molecule has 0 aliphatic carbocycles. The van der Waals surface area contributed by atoms with Crippen molar-refractivity contribution in [3.05, 3.63) is 34.1 Å². The predicted molar refractivity (Wildman–Crippen MR) is 76.7 cm³/mol. The molecular formula is C14H18BrFN2O. The average Bonchev–Trinajstić information content (AvgIpc) is 2.83. The van der Waals surface area contributed by atoms with Crippen molar-refractivity contribution < 1.29 is 9.18 Å². The zero-order chi connectivity index (χ0) is 13.8. The maximum atomic E-state index is 13.6. The molecule has 0 aromatic heterocycles. The van der Waals surface area contributed by atoms with Crippen molar-refractivity contribution in [3.8, 4) is 0 Å². The fraction of sp³-hybridized carbons (Fsp3) is 0.500. The second-order valence-corrected chi connectivity index (χ2v) is 5.67. The van der Waals surface area contributed by atoms with Crippen LogP contribution >= 0.6 is 15.9 Å². The van der Waals surface area contributed by atoms with E-state index in [1.807, 2.05) is 0 Å². The molecule has 1 heterocycles. The van der Waals surface area contributed by atoms with E-state index >= 15 is 0 Å². The third-order valence-corrected chi connectivity index (χ3v) is 4.07. The second kappa shape index (κ2) is 6.48. The van der Waals surface area contributed by atoms with Gasteiger partial charge in [0, 0.05) is 17.1 Å². The Labute approximate surface area is 121 Å². The topological polar surface area (TPSA) is 32.3 Å². The van der Waals surface area contributed by atoms with Crippen LogP contribution in [0.3, 0.4) is 0 Å². The molecule has 1 N–H and O–H groups in total. The van der Waals surface area contributed by atoms with Crippen LogP contribution in [0.25, 0.3) is 0 Å². The molecule has 1 aliphatic rings. The van der Waals surface area contributed by atoms with Gasteiger partial charge in [-0.15, -0.1) is 0 Å². The minimum Gasteiger partial charge on any atom is -0.350 e. The quantitative estimate of drug-likeness (QED) is 0.921. The van der Waals surface area contributed by atoms with Crippen LogP contribution in [0.15, 0.2) is 22.7 Å². The van der Waals surface area contributed by atoms with E-state index in [1.54, 1.807) is 6.07 Å². The maximum Gasteiger partial charge on any atom is 0.254 e. The lowest BCUT2D eigenvalue weighted by Crippen LogP contribution is -2.40. The molecule has 104 valence electrons. The number of likely N-dealkylation sites (tertiary alicyclic amines) is 1. The molecule has 1 amide bonds. The van der Waals surface area contributed by atoms with E-state index < -0.39 is 5.82 Å². The van der Waals surface area contributed by atoms with E-state index in [9.17, 15) is 9.18 Å². The fourth-order valence-corrected chi connectivity index (χ4v) is 2.86. The van der Waals surface area contributed by atoms with Gasteiger partial charge in [-0.2, -0.15) is 0 Å². The lowest BCUT2D eigenvalue weighted by atomic mass is 10.2. The highest BCUT2D eigenvalue weighted by molar-refractivity contribution is 9.10. The Morgan fingerprint density at radius 2 is 2.37 bits per heavy atom. The summed E-state index contributed by atoms with van der Waals surface area (Å²) in [6.45, 7) is 4.79. The summed E-state index contributed by atoms with van der Waals surface area (Å²) in [5, 5.41) is 2.83. The minimum atomic E-state index is -0.495. The number of hydrogen-bond acceptors (Lipinski definition) is 2. The summed E-state index contributed by atoms with van der Waals surface area (Å²) in [6, 6.07) is 4.86. The van der Waals surface area contributed by atoms with E-state index in [1.165, 1.54) is 18.6 Å². The Balaban J connectivity index is 1.94. The molecule has 1 fully saturated rings. The van der Waals surface area contributed by atoms with Crippen LogP contribution in [-0.4, -0.2) is 36.5 Å². The number of nitrogens with one attached hydrogen (secondary N) is 1. The maximum absolute atomic E-state index is 13.6. The van der Waals surface area contributed by atoms with E-state index in [2.05, 4.69) is 33.1 Å². The first-order valence-electron chi connectivity index (χ1n) is 6.59. The first-order chi connectivity index (χ1) is 9.11. The zero-order valence-corrected chi connectivity index (χ0v) is 12.5. The Morgan fingerprint density at radius 3 is 3.05 bits per heavy atom. The summed E-state index contributed by atoms with van der Waals surface area (Å²) in [6.07, 6.45) is 2.26. The molecule has 5 heteroatoms. The highest BCUT2D eigenvalue weighted by atomic mass is 79.9. The standard InChI is InChI=1S/C14H18BrFN2O/c1-2-18-7-3-4-11(18)9-17-14(19)12-6-5-10(15)8-13(12)16/h5-6,8,11H,2-4,7,9H2,1H3,(H,17,19). The van der Waals surface area contributed by atoms with Gasteiger partial charge in [0.05, 0.1) is 5.56 Å². The first-order valence-corrected chi connectivity index (χ1v) is 7.38. The van der Waals surface area contributed by atoms with Crippen LogP contribution in [0.4, 0.5) is 4.39 Å². The van der Waals surface area contributed by atoms with Crippen molar-refractivity contribution in [3.63, 3.8) is 0 Å². The summed E-state index contributed by atoms with van der Waals surface area (Å²) in [7, 11) is 0. The largest absolute Gasteiger partial charge is 0.350 e. The van der Waals surface area contributed by atoms with Crippen LogP contribution in [0, 0.1) is 5.82 Å². The van der Waals surface area contributed by atoms with Crippen molar-refractivity contribution in [2.24, 2.45) is 0 Å². The number of rotatable bonds is 4. The van der Waals surface area contributed by atoms with Gasteiger partial charge in [-0.25, -0.2) is 4.39 Å². The summed E-state index contributed by atoms with van der Waals surface area (Å²) in [4.78, 5) is 14.3. The van der Waals surface area contributed by atoms with Gasteiger partial charge in [0.25, 0.3) is 5.91 Å². The Hall–Kier alpha value is -0.940. The molecule has 0 radical (unpaired) electrons. The lowest BCUT2D eigenvalue weighted by Gasteiger charge is -2.22. The number of halogens is 2. The smallest absolute Gasteiger partial charge is 0.254 e. The molecule has 19 heavy (non-hydrogen) atoms. The highest BCUT2D eigenvalue weighted by Crippen LogP contribution is 2.17. The van der Waals surface area contributed by atoms with Gasteiger partial charge in [0.1, 0.15) is 5.82 Å². The highest BCUT2D eigenvalue weighted by Gasteiger charge is 2.23. The third-order valence-electron chi connectivity index (χ3n) is 3.58. The normalized spacial score (nSPS) is 19.6. The number of hydrogen-bond donors (Lipinski definition) is 1. The van der Waals surface area contributed by atoms with Crippen LogP contribution in [0.1, 0.15) is 30.1 Å². The monoisotopic (exact) mass is 328 g/mol. The fourth-order valence-electron chi connectivity index (χ4n) is 2.52. The average molecular weight is 329 g/mol. The molecule has 1 unspecified atom stereocenters. The molecule has 0 spiro atoms. The van der Waals surface area contributed by atoms with Gasteiger partial charge in [-0.3, -0.25) is 9.69 Å². The summed E-state index contributed by atoms with van der Waals surface area (Å²) >= 11 is 3.18. The van der Waals surface area contributed by atoms with E-state index in [4.69, 9.17) is 0 Å². The number of benzene rings is 1. The van der Waals surface area contributed by atoms with Crippen LogP contribution < -0.4 is 5.32 Å². The van der Waals surface area contributed by atoms with Gasteiger partial charge in [0.2, 0.25) is 0 Å². The summed E-state index contributed by atoms with van der Waals surface area (Å²) < 4.78 is 14.3. The van der Waals surface area contributed by atoms with Crippen molar-refractivity contribution in [2.75, 3.05) is 19.6 Å². The number of likely N-dealkylation sites (N-methyl/N-ethyl adjacent to an activating group) is 1. The third kappa shape index (κ3) is 3.54. The number of amides is 1. The molecule has 1 aliphatic heterocycles. The SMILES string of the molecule is CCN1CCCC1CNC(=O)c1ccc(Br)cc1F. The van der Waals surface area contributed by atoms with Gasteiger partial charge >= 0.3 is 0 Å². The van der Waals surface area contributed by atoms with Crippen molar-refractivity contribution in [1.82, 2.24) is 10.2 Å². The first kappa shape index (κ1) is 14.5. The lowest BCUT2D eigenvalue weighted by molar-refractivity contribution is 0.0937. The predicted octanol–water partition coefficient (Wildman–Crippen LogP) is 2.80. The molecule has 1 aromatic carbocycles. The zero-order valence-electron chi connectivity index (χ0n) is 11.0. The molecule has 1 saturated heterocycles. The van der Waals surface area contributed by atoms with Crippen molar-refractivity contribution in [1.29, 1.82) is 0 Å². The van der Waals surface area contributed by atoms with Gasteiger partial charge in [-0.05, 0) is 44.1 Å². The molecule has 0 bridgehead atoms. The number of carbonyl (C=O) groups excluding carboxylic acids is 1. The van der Waals surface area contributed by atoms with Crippen LogP contribution in [-0.2, 0) is 0 Å². The Bertz CT molecular complexity index is 467. The summed E-state index contributed by atoms with van der Waals surface area (Å²) in [5.41, 5.74) is 0.101. The minimum absolute atomic E-state index is 0.101. The Morgan fingerprint density at radius 1 is 1.58 bits per heavy atom. The van der Waals surface area contributed by atoms with E-state index in [0.29, 0.717) is 17.1 Å². The summed E-state index contributed by atoms with van der Waals surface area (Å²) in [5.74, 6) is -0.835. The van der Waals surface area contributed by atoms with Crippen molar-refractivity contribution >= 4 is 21.8 Å². The molecular weight excluding hydrogens is 311 g/mol. The van der Waals surface area contributed by atoms with Crippen LogP contribution in [0.5, 0.6) is 0 Å². The van der Waals surface area contributed by atoms with Crippen LogP contribution in [0.2, 0.25) is 0 Å². The Kier molecular flexibility index (Phi) is 4.93. The molecule has 1 aromatic rings. The van der Waals surface area contributed by atoms with E-state index in [-0.39, 0.29) is 11.5 Å². The molecule has 2 rings (SSSR count). The van der Waals surface area contributed by atoms with Gasteiger partial charge in [-0.1, -0.05) is 22.9 Å². The second-order valence-electron chi connectivity index (χ2n) is 4.76. The van der Waals surface area contributed by atoms with Gasteiger partial charge in [0.15, 0.2) is 0 Å². The van der Waals surface area contributed by atoms with Crippen molar-refractivity contribution in [2.45, 2.75) is 25.8 Å². The van der Waals surface area contributed by atoms with E-state index in [0.717, 1.165) is 19.5 Å². The van der Waals surface area contributed by atoms with Gasteiger partial charge < -0.3 is 5.32 Å². The molecule has 0 saturated carbocycles.